The van der Waals surface area contributed by atoms with E-state index < -0.39 is 5.91 Å². The van der Waals surface area contributed by atoms with E-state index in [2.05, 4.69) is 10.3 Å². The highest BCUT2D eigenvalue weighted by Gasteiger charge is 2.08. The molecular weight excluding hydrogens is 210 g/mol. The zero-order valence-electron chi connectivity index (χ0n) is 9.11. The van der Waals surface area contributed by atoms with Gasteiger partial charge in [0.25, 0.3) is 5.91 Å². The summed E-state index contributed by atoms with van der Waals surface area (Å²) in [5.74, 6) is -0.593. The fourth-order valence-corrected chi connectivity index (χ4v) is 0.968. The number of aromatic amines is 1. The highest BCUT2D eigenvalue weighted by Crippen LogP contribution is 1.92. The summed E-state index contributed by atoms with van der Waals surface area (Å²) in [7, 11) is 3.21. The topological polar surface area (TPSA) is 82.3 Å². The van der Waals surface area contributed by atoms with Crippen LogP contribution in [0.1, 0.15) is 10.4 Å². The average molecular weight is 223 g/mol. The second-order valence-corrected chi connectivity index (χ2v) is 3.41. The summed E-state index contributed by atoms with van der Waals surface area (Å²) < 4.78 is 0. The van der Waals surface area contributed by atoms with E-state index in [1.165, 1.54) is 23.2 Å². The third-order valence-corrected chi connectivity index (χ3v) is 1.95. The molecule has 0 fully saturated rings. The molecule has 0 spiro atoms. The number of nitrogens with zero attached hydrogens (tertiary/aromatic N) is 1. The Morgan fingerprint density at radius 3 is 2.56 bits per heavy atom. The molecule has 0 aliphatic carbocycles. The predicted molar refractivity (Wildman–Crippen MR) is 58.1 cm³/mol. The lowest BCUT2D eigenvalue weighted by molar-refractivity contribution is -0.127. The minimum Gasteiger partial charge on any atom is -0.347 e. The van der Waals surface area contributed by atoms with Gasteiger partial charge in [-0.1, -0.05) is 0 Å². The van der Waals surface area contributed by atoms with Gasteiger partial charge in [-0.2, -0.15) is 0 Å². The van der Waals surface area contributed by atoms with Crippen LogP contribution in [-0.4, -0.2) is 42.3 Å². The number of carbonyl (C=O) groups is 2. The van der Waals surface area contributed by atoms with Crippen LogP contribution in [0.15, 0.2) is 23.1 Å². The molecule has 6 nitrogen and oxygen atoms in total. The SMILES string of the molecule is CN(C)C(=O)CNC(=O)c1ccc(=O)[nH]c1. The van der Waals surface area contributed by atoms with Crippen LogP contribution < -0.4 is 10.9 Å². The molecule has 1 aromatic heterocycles. The van der Waals surface area contributed by atoms with Crippen molar-refractivity contribution in [1.29, 1.82) is 0 Å². The van der Waals surface area contributed by atoms with E-state index in [0.717, 1.165) is 0 Å². The number of carbonyl (C=O) groups excluding carboxylic acids is 2. The molecular formula is C10H13N3O3. The standard InChI is InChI=1S/C10H13N3O3/c1-13(2)9(15)6-12-10(16)7-3-4-8(14)11-5-7/h3-5H,6H2,1-2H3,(H,11,14)(H,12,16). The largest absolute Gasteiger partial charge is 0.347 e. The zero-order valence-corrected chi connectivity index (χ0v) is 9.11. The number of likely N-dealkylation sites (N-methyl/N-ethyl adjacent to an activating group) is 1. The van der Waals surface area contributed by atoms with Crippen molar-refractivity contribution >= 4 is 11.8 Å². The predicted octanol–water partition coefficient (Wildman–Crippen LogP) is -0.807. The first-order valence-electron chi connectivity index (χ1n) is 4.68. The van der Waals surface area contributed by atoms with Gasteiger partial charge in [0, 0.05) is 26.4 Å². The van der Waals surface area contributed by atoms with Gasteiger partial charge in [0.2, 0.25) is 11.5 Å². The molecule has 86 valence electrons. The van der Waals surface area contributed by atoms with Crippen molar-refractivity contribution in [3.8, 4) is 0 Å². The van der Waals surface area contributed by atoms with Crippen LogP contribution >= 0.6 is 0 Å². The quantitative estimate of drug-likeness (QED) is 0.703. The second-order valence-electron chi connectivity index (χ2n) is 3.41. The van der Waals surface area contributed by atoms with E-state index in [-0.39, 0.29) is 18.0 Å². The van der Waals surface area contributed by atoms with Crippen LogP contribution in [0.25, 0.3) is 0 Å². The van der Waals surface area contributed by atoms with E-state index in [4.69, 9.17) is 0 Å². The van der Waals surface area contributed by atoms with E-state index in [0.29, 0.717) is 5.56 Å². The zero-order chi connectivity index (χ0) is 12.1. The number of pyridine rings is 1. The van der Waals surface area contributed by atoms with Crippen molar-refractivity contribution in [3.63, 3.8) is 0 Å². The third-order valence-electron chi connectivity index (χ3n) is 1.95. The second kappa shape index (κ2) is 5.11. The number of hydrogen-bond acceptors (Lipinski definition) is 3. The lowest BCUT2D eigenvalue weighted by Crippen LogP contribution is -2.36. The molecule has 1 aromatic rings. The van der Waals surface area contributed by atoms with Gasteiger partial charge in [0.1, 0.15) is 0 Å². The molecule has 0 saturated carbocycles. The first-order chi connectivity index (χ1) is 7.50. The molecule has 2 N–H and O–H groups in total. The van der Waals surface area contributed by atoms with Crippen LogP contribution in [0.4, 0.5) is 0 Å². The van der Waals surface area contributed by atoms with Crippen molar-refractivity contribution in [2.75, 3.05) is 20.6 Å². The van der Waals surface area contributed by atoms with Crippen molar-refractivity contribution < 1.29 is 9.59 Å². The van der Waals surface area contributed by atoms with Crippen LogP contribution in [0.5, 0.6) is 0 Å². The molecule has 0 saturated heterocycles. The van der Waals surface area contributed by atoms with Crippen molar-refractivity contribution in [2.24, 2.45) is 0 Å². The van der Waals surface area contributed by atoms with Gasteiger partial charge in [-0.25, -0.2) is 0 Å². The Balaban J connectivity index is 2.56. The number of rotatable bonds is 3. The summed E-state index contributed by atoms with van der Waals surface area (Å²) >= 11 is 0. The smallest absolute Gasteiger partial charge is 0.253 e. The van der Waals surface area contributed by atoms with E-state index in [9.17, 15) is 14.4 Å². The fourth-order valence-electron chi connectivity index (χ4n) is 0.968. The molecule has 1 rings (SSSR count). The maximum Gasteiger partial charge on any atom is 0.253 e. The lowest BCUT2D eigenvalue weighted by atomic mass is 10.2. The van der Waals surface area contributed by atoms with Gasteiger partial charge in [0.15, 0.2) is 0 Å². The summed E-state index contributed by atoms with van der Waals surface area (Å²) in [5, 5.41) is 2.45. The minimum absolute atomic E-state index is 0.0645. The van der Waals surface area contributed by atoms with E-state index in [1.807, 2.05) is 0 Å². The maximum atomic E-state index is 11.5. The maximum absolute atomic E-state index is 11.5. The van der Waals surface area contributed by atoms with Gasteiger partial charge in [-0.05, 0) is 6.07 Å². The Kier molecular flexibility index (Phi) is 3.82. The Hall–Kier alpha value is -2.11. The number of aromatic nitrogens is 1. The molecule has 16 heavy (non-hydrogen) atoms. The van der Waals surface area contributed by atoms with Crippen molar-refractivity contribution in [1.82, 2.24) is 15.2 Å². The van der Waals surface area contributed by atoms with E-state index >= 15 is 0 Å². The van der Waals surface area contributed by atoms with Crippen LogP contribution in [0.3, 0.4) is 0 Å². The van der Waals surface area contributed by atoms with Crippen molar-refractivity contribution in [3.05, 3.63) is 34.2 Å². The Labute approximate surface area is 92.3 Å². The summed E-state index contributed by atoms with van der Waals surface area (Å²) in [6, 6.07) is 2.65. The van der Waals surface area contributed by atoms with Gasteiger partial charge < -0.3 is 15.2 Å². The Morgan fingerprint density at radius 1 is 1.38 bits per heavy atom. The fraction of sp³-hybridized carbons (Fsp3) is 0.300. The van der Waals surface area contributed by atoms with Crippen molar-refractivity contribution in [2.45, 2.75) is 0 Å². The number of amides is 2. The molecule has 0 aliphatic rings. The lowest BCUT2D eigenvalue weighted by Gasteiger charge is -2.10. The highest BCUT2D eigenvalue weighted by molar-refractivity contribution is 5.96. The molecule has 0 bridgehead atoms. The van der Waals surface area contributed by atoms with E-state index in [1.54, 1.807) is 14.1 Å². The van der Waals surface area contributed by atoms with Crippen LogP contribution in [0.2, 0.25) is 0 Å². The molecule has 0 atom stereocenters. The van der Waals surface area contributed by atoms with Crippen LogP contribution in [-0.2, 0) is 4.79 Å². The number of hydrogen-bond donors (Lipinski definition) is 2. The normalized spacial score (nSPS) is 9.62. The number of H-pyrrole nitrogens is 1. The van der Waals surface area contributed by atoms with Gasteiger partial charge >= 0.3 is 0 Å². The molecule has 0 aliphatic heterocycles. The first-order valence-corrected chi connectivity index (χ1v) is 4.68. The molecule has 6 heteroatoms. The summed E-state index contributed by atoms with van der Waals surface area (Å²) in [6.07, 6.45) is 1.30. The summed E-state index contributed by atoms with van der Waals surface area (Å²) in [5.41, 5.74) is 0.0343. The monoisotopic (exact) mass is 223 g/mol. The van der Waals surface area contributed by atoms with Gasteiger partial charge in [-0.15, -0.1) is 0 Å². The number of nitrogens with one attached hydrogen (secondary N) is 2. The summed E-state index contributed by atoms with van der Waals surface area (Å²) in [6.45, 7) is -0.0645. The Morgan fingerprint density at radius 2 is 2.06 bits per heavy atom. The molecule has 0 aromatic carbocycles. The first kappa shape index (κ1) is 12.0. The third kappa shape index (κ3) is 3.23. The molecule has 0 unspecified atom stereocenters. The van der Waals surface area contributed by atoms with Crippen LogP contribution in [0, 0.1) is 0 Å². The van der Waals surface area contributed by atoms with Gasteiger partial charge in [-0.3, -0.25) is 14.4 Å². The highest BCUT2D eigenvalue weighted by atomic mass is 16.2. The minimum atomic E-state index is -0.397. The van der Waals surface area contributed by atoms with Gasteiger partial charge in [0.05, 0.1) is 12.1 Å². The molecule has 1 heterocycles. The average Bonchev–Trinajstić information content (AvgIpc) is 2.26. The molecule has 0 radical (unpaired) electrons. The molecule has 2 amide bonds. The Bertz CT molecular complexity index is 430. The summed E-state index contributed by atoms with van der Waals surface area (Å²) in [4.78, 5) is 37.2.